The van der Waals surface area contributed by atoms with Crippen molar-refractivity contribution in [2.45, 2.75) is 0 Å². The Balaban J connectivity index is 2.46. The smallest absolute Gasteiger partial charge is 0.353 e. The average Bonchev–Trinajstić information content (AvgIpc) is 2.78. The lowest BCUT2D eigenvalue weighted by atomic mass is 10.2. The SMILES string of the molecule is COc1ccncc1-c1cc(C(=O)O)[nH]n1. The van der Waals surface area contributed by atoms with Crippen LogP contribution in [-0.2, 0) is 0 Å². The van der Waals surface area contributed by atoms with Gasteiger partial charge in [-0.25, -0.2) is 4.79 Å². The molecule has 0 bridgehead atoms. The van der Waals surface area contributed by atoms with Crippen LogP contribution in [0.3, 0.4) is 0 Å². The third-order valence-corrected chi connectivity index (χ3v) is 2.09. The summed E-state index contributed by atoms with van der Waals surface area (Å²) in [5.74, 6) is -0.458. The quantitative estimate of drug-likeness (QED) is 0.809. The molecule has 0 aliphatic rings. The van der Waals surface area contributed by atoms with Crippen molar-refractivity contribution in [3.05, 3.63) is 30.2 Å². The summed E-state index contributed by atoms with van der Waals surface area (Å²) in [7, 11) is 1.53. The minimum atomic E-state index is -1.05. The number of H-pyrrole nitrogens is 1. The van der Waals surface area contributed by atoms with Crippen LogP contribution in [-0.4, -0.2) is 33.4 Å². The molecule has 0 aliphatic carbocycles. The zero-order valence-corrected chi connectivity index (χ0v) is 8.47. The van der Waals surface area contributed by atoms with E-state index in [9.17, 15) is 4.79 Å². The molecule has 0 spiro atoms. The van der Waals surface area contributed by atoms with Crippen molar-refractivity contribution in [1.29, 1.82) is 0 Å². The van der Waals surface area contributed by atoms with E-state index in [0.29, 0.717) is 17.0 Å². The number of nitrogens with zero attached hydrogens (tertiary/aromatic N) is 2. The molecule has 0 saturated carbocycles. The Labute approximate surface area is 90.9 Å². The highest BCUT2D eigenvalue weighted by molar-refractivity contribution is 5.87. The maximum atomic E-state index is 10.7. The van der Waals surface area contributed by atoms with Gasteiger partial charge in [0.25, 0.3) is 0 Å². The predicted octanol–water partition coefficient (Wildman–Crippen LogP) is 1.18. The molecule has 0 saturated heterocycles. The molecule has 0 radical (unpaired) electrons. The lowest BCUT2D eigenvalue weighted by Crippen LogP contribution is -1.95. The number of carboxylic acid groups (broad SMARTS) is 1. The number of rotatable bonds is 3. The van der Waals surface area contributed by atoms with Gasteiger partial charge in [-0.3, -0.25) is 10.1 Å². The lowest BCUT2D eigenvalue weighted by molar-refractivity contribution is 0.0690. The Bertz CT molecular complexity index is 522. The van der Waals surface area contributed by atoms with Crippen molar-refractivity contribution >= 4 is 5.97 Å². The summed E-state index contributed by atoms with van der Waals surface area (Å²) in [6.07, 6.45) is 3.16. The van der Waals surface area contributed by atoms with Crippen LogP contribution in [0.1, 0.15) is 10.5 Å². The summed E-state index contributed by atoms with van der Waals surface area (Å²) >= 11 is 0. The maximum Gasteiger partial charge on any atom is 0.353 e. The van der Waals surface area contributed by atoms with Gasteiger partial charge in [-0.1, -0.05) is 0 Å². The van der Waals surface area contributed by atoms with Gasteiger partial charge < -0.3 is 9.84 Å². The first-order valence-electron chi connectivity index (χ1n) is 4.49. The van der Waals surface area contributed by atoms with E-state index >= 15 is 0 Å². The van der Waals surface area contributed by atoms with E-state index in [1.54, 1.807) is 18.5 Å². The lowest BCUT2D eigenvalue weighted by Gasteiger charge is -2.03. The van der Waals surface area contributed by atoms with E-state index in [4.69, 9.17) is 9.84 Å². The Morgan fingerprint density at radius 2 is 2.38 bits per heavy atom. The molecule has 16 heavy (non-hydrogen) atoms. The molecule has 0 atom stereocenters. The van der Waals surface area contributed by atoms with Gasteiger partial charge in [0, 0.05) is 12.4 Å². The van der Waals surface area contributed by atoms with Crippen LogP contribution in [0.4, 0.5) is 0 Å². The molecule has 6 heteroatoms. The number of aromatic amines is 1. The molecule has 2 aromatic rings. The van der Waals surface area contributed by atoms with Crippen LogP contribution in [0.5, 0.6) is 5.75 Å². The predicted molar refractivity (Wildman–Crippen MR) is 55.3 cm³/mol. The standard InChI is InChI=1S/C10H9N3O3/c1-16-9-2-3-11-5-6(9)7-4-8(10(14)15)13-12-7/h2-5H,1H3,(H,12,13)(H,14,15). The van der Waals surface area contributed by atoms with Crippen LogP contribution in [0, 0.1) is 0 Å². The summed E-state index contributed by atoms with van der Waals surface area (Å²) in [6.45, 7) is 0. The highest BCUT2D eigenvalue weighted by atomic mass is 16.5. The van der Waals surface area contributed by atoms with Crippen molar-refractivity contribution < 1.29 is 14.6 Å². The van der Waals surface area contributed by atoms with Crippen molar-refractivity contribution in [1.82, 2.24) is 15.2 Å². The molecular formula is C10H9N3O3. The molecule has 0 unspecified atom stereocenters. The van der Waals surface area contributed by atoms with Crippen molar-refractivity contribution in [2.24, 2.45) is 0 Å². The van der Waals surface area contributed by atoms with E-state index in [1.807, 2.05) is 0 Å². The van der Waals surface area contributed by atoms with Crippen LogP contribution < -0.4 is 4.74 Å². The number of carbonyl (C=O) groups is 1. The van der Waals surface area contributed by atoms with E-state index in [2.05, 4.69) is 15.2 Å². The van der Waals surface area contributed by atoms with E-state index in [0.717, 1.165) is 0 Å². The Morgan fingerprint density at radius 1 is 1.56 bits per heavy atom. The van der Waals surface area contributed by atoms with E-state index in [-0.39, 0.29) is 5.69 Å². The zero-order valence-electron chi connectivity index (χ0n) is 8.47. The first kappa shape index (κ1) is 10.2. The van der Waals surface area contributed by atoms with Gasteiger partial charge in [0.15, 0.2) is 0 Å². The summed E-state index contributed by atoms with van der Waals surface area (Å²) in [5.41, 5.74) is 1.16. The molecule has 0 aromatic carbocycles. The van der Waals surface area contributed by atoms with Crippen LogP contribution in [0.25, 0.3) is 11.3 Å². The number of aromatic nitrogens is 3. The number of hydrogen-bond acceptors (Lipinski definition) is 4. The highest BCUT2D eigenvalue weighted by Gasteiger charge is 2.12. The normalized spacial score (nSPS) is 10.1. The van der Waals surface area contributed by atoms with Gasteiger partial charge in [0.1, 0.15) is 11.4 Å². The Hall–Kier alpha value is -2.37. The summed E-state index contributed by atoms with van der Waals surface area (Å²) in [5, 5.41) is 15.1. The minimum Gasteiger partial charge on any atom is -0.496 e. The molecular weight excluding hydrogens is 210 g/mol. The molecule has 2 aromatic heterocycles. The number of pyridine rings is 1. The maximum absolute atomic E-state index is 10.7. The Kier molecular flexibility index (Phi) is 2.55. The van der Waals surface area contributed by atoms with E-state index in [1.165, 1.54) is 13.2 Å². The van der Waals surface area contributed by atoms with Gasteiger partial charge in [0.2, 0.25) is 0 Å². The minimum absolute atomic E-state index is 0.0286. The molecule has 0 fully saturated rings. The Morgan fingerprint density at radius 3 is 3.00 bits per heavy atom. The third-order valence-electron chi connectivity index (χ3n) is 2.09. The number of carboxylic acids is 1. The second kappa shape index (κ2) is 4.01. The fraction of sp³-hybridized carbons (Fsp3) is 0.100. The molecule has 2 heterocycles. The van der Waals surface area contributed by atoms with Crippen LogP contribution >= 0.6 is 0 Å². The summed E-state index contributed by atoms with van der Waals surface area (Å²) in [4.78, 5) is 14.6. The van der Waals surface area contributed by atoms with Gasteiger partial charge in [-0.15, -0.1) is 0 Å². The largest absolute Gasteiger partial charge is 0.496 e. The van der Waals surface area contributed by atoms with Crippen LogP contribution in [0.2, 0.25) is 0 Å². The molecule has 6 nitrogen and oxygen atoms in total. The molecule has 82 valence electrons. The van der Waals surface area contributed by atoms with Gasteiger partial charge in [-0.2, -0.15) is 5.10 Å². The van der Waals surface area contributed by atoms with Crippen LogP contribution in [0.15, 0.2) is 24.5 Å². The monoisotopic (exact) mass is 219 g/mol. The number of ether oxygens (including phenoxy) is 1. The zero-order chi connectivity index (χ0) is 11.5. The number of nitrogens with one attached hydrogen (secondary N) is 1. The second-order valence-corrected chi connectivity index (χ2v) is 3.05. The number of hydrogen-bond donors (Lipinski definition) is 2. The summed E-state index contributed by atoms with van der Waals surface area (Å²) in [6, 6.07) is 3.12. The average molecular weight is 219 g/mol. The second-order valence-electron chi connectivity index (χ2n) is 3.05. The van der Waals surface area contributed by atoms with Gasteiger partial charge in [-0.05, 0) is 12.1 Å². The summed E-state index contributed by atoms with van der Waals surface area (Å²) < 4.78 is 5.13. The van der Waals surface area contributed by atoms with Gasteiger partial charge in [0.05, 0.1) is 18.4 Å². The fourth-order valence-corrected chi connectivity index (χ4v) is 1.32. The molecule has 2 rings (SSSR count). The first-order chi connectivity index (χ1) is 7.72. The molecule has 0 amide bonds. The van der Waals surface area contributed by atoms with Crippen molar-refractivity contribution in [3.63, 3.8) is 0 Å². The fourth-order valence-electron chi connectivity index (χ4n) is 1.32. The molecule has 0 aliphatic heterocycles. The highest BCUT2D eigenvalue weighted by Crippen LogP contribution is 2.27. The van der Waals surface area contributed by atoms with Gasteiger partial charge >= 0.3 is 5.97 Å². The molecule has 2 N–H and O–H groups in total. The number of methoxy groups -OCH3 is 1. The van der Waals surface area contributed by atoms with Crippen molar-refractivity contribution in [3.8, 4) is 17.0 Å². The van der Waals surface area contributed by atoms with E-state index < -0.39 is 5.97 Å². The third kappa shape index (κ3) is 1.72. The number of aromatic carboxylic acids is 1. The van der Waals surface area contributed by atoms with Crippen molar-refractivity contribution in [2.75, 3.05) is 7.11 Å². The topological polar surface area (TPSA) is 88.1 Å². The first-order valence-corrected chi connectivity index (χ1v) is 4.49.